The zero-order valence-electron chi connectivity index (χ0n) is 19.4. The molecule has 3 aromatic rings. The summed E-state index contributed by atoms with van der Waals surface area (Å²) in [5.41, 5.74) is 7.78. The summed E-state index contributed by atoms with van der Waals surface area (Å²) in [5, 5.41) is 1.42. The fourth-order valence-electron chi connectivity index (χ4n) is 3.97. The zero-order valence-corrected chi connectivity index (χ0v) is 19.4. The van der Waals surface area contributed by atoms with E-state index in [1.807, 2.05) is 12.1 Å². The number of carbonyl (C=O) groups is 1. The largest absolute Gasteiger partial charge is 0.573 e. The number of halogens is 3. The first kappa shape index (κ1) is 25.3. The summed E-state index contributed by atoms with van der Waals surface area (Å²) in [4.78, 5) is 13.6. The fourth-order valence-corrected chi connectivity index (χ4v) is 3.97. The van der Waals surface area contributed by atoms with Crippen LogP contribution in [-0.2, 0) is 22.5 Å². The van der Waals surface area contributed by atoms with Gasteiger partial charge < -0.3 is 24.8 Å². The van der Waals surface area contributed by atoms with E-state index in [0.717, 1.165) is 10.9 Å². The molecule has 6 nitrogen and oxygen atoms in total. The van der Waals surface area contributed by atoms with Crippen molar-refractivity contribution in [2.75, 3.05) is 28.3 Å². The van der Waals surface area contributed by atoms with E-state index in [1.165, 1.54) is 14.2 Å². The third kappa shape index (κ3) is 5.60. The number of nitrogens with two attached hydrogens (primary N) is 1. The maximum atomic E-state index is 13.5. The minimum atomic E-state index is -4.90. The van der Waals surface area contributed by atoms with E-state index in [2.05, 4.69) is 4.74 Å². The molecule has 2 N–H and O–H groups in total. The van der Waals surface area contributed by atoms with Gasteiger partial charge in [0.2, 0.25) is 0 Å². The highest BCUT2D eigenvalue weighted by Crippen LogP contribution is 2.46. The molecule has 0 spiro atoms. The predicted molar refractivity (Wildman–Crippen MR) is 124 cm³/mol. The second kappa shape index (κ2) is 10.3. The molecule has 0 aliphatic heterocycles. The second-order valence-corrected chi connectivity index (χ2v) is 8.07. The summed E-state index contributed by atoms with van der Waals surface area (Å²) in [6.07, 6.45) is -4.69. The van der Waals surface area contributed by atoms with E-state index < -0.39 is 18.4 Å². The van der Waals surface area contributed by atoms with Crippen molar-refractivity contribution in [3.05, 3.63) is 59.7 Å². The Morgan fingerprint density at radius 2 is 1.68 bits per heavy atom. The molecule has 0 saturated heterocycles. The molecule has 34 heavy (non-hydrogen) atoms. The maximum absolute atomic E-state index is 13.5. The lowest BCUT2D eigenvalue weighted by Crippen LogP contribution is -2.33. The first-order valence-electron chi connectivity index (χ1n) is 10.5. The van der Waals surface area contributed by atoms with E-state index in [9.17, 15) is 18.0 Å². The SMILES string of the molecule is COC(=O)[C@@H](N)Cc1cccc2c(-c3c(OC)ccc(CN(C)C)c3OC(F)(F)F)cccc12. The summed E-state index contributed by atoms with van der Waals surface area (Å²) < 4.78 is 55.2. The van der Waals surface area contributed by atoms with Crippen LogP contribution in [0.3, 0.4) is 0 Å². The van der Waals surface area contributed by atoms with Crippen LogP contribution in [0, 0.1) is 0 Å². The minimum absolute atomic E-state index is 0.194. The lowest BCUT2D eigenvalue weighted by molar-refractivity contribution is -0.274. The third-order valence-corrected chi connectivity index (χ3v) is 5.35. The summed E-state index contributed by atoms with van der Waals surface area (Å²) in [5.74, 6) is -0.622. The van der Waals surface area contributed by atoms with Gasteiger partial charge in [0.05, 0.1) is 19.8 Å². The van der Waals surface area contributed by atoms with Crippen LogP contribution in [0.15, 0.2) is 48.5 Å². The minimum Gasteiger partial charge on any atom is -0.496 e. The zero-order chi connectivity index (χ0) is 25.0. The third-order valence-electron chi connectivity index (χ3n) is 5.35. The summed E-state index contributed by atoms with van der Waals surface area (Å²) >= 11 is 0. The molecule has 0 heterocycles. The maximum Gasteiger partial charge on any atom is 0.573 e. The number of esters is 1. The monoisotopic (exact) mass is 476 g/mol. The Balaban J connectivity index is 2.28. The van der Waals surface area contributed by atoms with Gasteiger partial charge >= 0.3 is 12.3 Å². The van der Waals surface area contributed by atoms with Crippen molar-refractivity contribution < 1.29 is 32.2 Å². The van der Waals surface area contributed by atoms with Crippen LogP contribution < -0.4 is 15.2 Å². The van der Waals surface area contributed by atoms with Crippen LogP contribution in [-0.4, -0.2) is 51.6 Å². The average Bonchev–Trinajstić information content (AvgIpc) is 2.78. The van der Waals surface area contributed by atoms with Gasteiger partial charge in [-0.05, 0) is 48.5 Å². The van der Waals surface area contributed by atoms with Crippen LogP contribution in [0.25, 0.3) is 21.9 Å². The topological polar surface area (TPSA) is 74.0 Å². The second-order valence-electron chi connectivity index (χ2n) is 8.07. The van der Waals surface area contributed by atoms with Crippen molar-refractivity contribution in [2.24, 2.45) is 5.73 Å². The molecule has 3 rings (SSSR count). The number of carbonyl (C=O) groups excluding carboxylic acids is 1. The van der Waals surface area contributed by atoms with Gasteiger partial charge in [-0.1, -0.05) is 42.5 Å². The van der Waals surface area contributed by atoms with E-state index in [-0.39, 0.29) is 30.0 Å². The van der Waals surface area contributed by atoms with Gasteiger partial charge in [-0.3, -0.25) is 4.79 Å². The molecule has 0 aromatic heterocycles. The van der Waals surface area contributed by atoms with E-state index in [4.69, 9.17) is 15.2 Å². The highest BCUT2D eigenvalue weighted by Gasteiger charge is 2.35. The van der Waals surface area contributed by atoms with Crippen molar-refractivity contribution in [3.63, 3.8) is 0 Å². The Bertz CT molecular complexity index is 1180. The number of ether oxygens (including phenoxy) is 3. The molecule has 0 saturated carbocycles. The number of hydrogen-bond donors (Lipinski definition) is 1. The van der Waals surface area contributed by atoms with Crippen LogP contribution >= 0.6 is 0 Å². The van der Waals surface area contributed by atoms with Gasteiger partial charge in [0.15, 0.2) is 0 Å². The van der Waals surface area contributed by atoms with E-state index in [0.29, 0.717) is 16.5 Å². The Kier molecular flexibility index (Phi) is 7.68. The molecule has 0 aliphatic rings. The number of rotatable bonds is 8. The number of fused-ring (bicyclic) bond motifs is 1. The standard InChI is InChI=1S/C25H27F3N2O4/c1-30(2)14-16-11-12-21(32-3)22(23(16)34-25(26,27)28)19-10-6-8-17-15(7-5-9-18(17)19)13-20(29)24(31)33-4/h5-12,20H,13-14,29H2,1-4H3/t20-/m0/s1. The van der Waals surface area contributed by atoms with Gasteiger partial charge in [0.25, 0.3) is 0 Å². The van der Waals surface area contributed by atoms with Crippen LogP contribution in [0.4, 0.5) is 13.2 Å². The molecule has 0 aliphatic carbocycles. The molecule has 1 atom stereocenters. The summed E-state index contributed by atoms with van der Waals surface area (Å²) in [7, 11) is 6.18. The Morgan fingerprint density at radius 1 is 1.00 bits per heavy atom. The van der Waals surface area contributed by atoms with E-state index >= 15 is 0 Å². The van der Waals surface area contributed by atoms with Gasteiger partial charge in [0, 0.05) is 12.1 Å². The average molecular weight is 476 g/mol. The first-order chi connectivity index (χ1) is 16.1. The molecule has 0 bridgehead atoms. The van der Waals surface area contributed by atoms with Crippen molar-refractivity contribution in [1.82, 2.24) is 4.90 Å². The fraction of sp³-hybridized carbons (Fsp3) is 0.320. The number of methoxy groups -OCH3 is 2. The normalized spacial score (nSPS) is 12.6. The smallest absolute Gasteiger partial charge is 0.496 e. The first-order valence-corrected chi connectivity index (χ1v) is 10.5. The highest BCUT2D eigenvalue weighted by atomic mass is 19.4. The van der Waals surface area contributed by atoms with Crippen LogP contribution in [0.5, 0.6) is 11.5 Å². The van der Waals surface area contributed by atoms with Gasteiger partial charge in [-0.25, -0.2) is 0 Å². The van der Waals surface area contributed by atoms with E-state index in [1.54, 1.807) is 55.4 Å². The molecule has 0 unspecified atom stereocenters. The number of nitrogens with zero attached hydrogens (tertiary/aromatic N) is 1. The Labute approximate surface area is 196 Å². The van der Waals surface area contributed by atoms with Crippen LogP contribution in [0.2, 0.25) is 0 Å². The quantitative estimate of drug-likeness (QED) is 0.482. The molecule has 3 aromatic carbocycles. The Hall–Kier alpha value is -3.30. The molecule has 182 valence electrons. The molecule has 9 heteroatoms. The summed E-state index contributed by atoms with van der Waals surface area (Å²) in [6, 6.07) is 13.0. The van der Waals surface area contributed by atoms with Crippen molar-refractivity contribution >= 4 is 16.7 Å². The van der Waals surface area contributed by atoms with Crippen molar-refractivity contribution in [3.8, 4) is 22.6 Å². The van der Waals surface area contributed by atoms with Gasteiger partial charge in [-0.15, -0.1) is 13.2 Å². The lowest BCUT2D eigenvalue weighted by atomic mass is 9.91. The molecule has 0 amide bonds. The molecular weight excluding hydrogens is 449 g/mol. The number of alkyl halides is 3. The van der Waals surface area contributed by atoms with Gasteiger partial charge in [-0.2, -0.15) is 0 Å². The van der Waals surface area contributed by atoms with Crippen molar-refractivity contribution in [2.45, 2.75) is 25.4 Å². The lowest BCUT2D eigenvalue weighted by Gasteiger charge is -2.22. The summed E-state index contributed by atoms with van der Waals surface area (Å²) in [6.45, 7) is 0.229. The number of hydrogen-bond acceptors (Lipinski definition) is 6. The molecule has 0 radical (unpaired) electrons. The van der Waals surface area contributed by atoms with Gasteiger partial charge in [0.1, 0.15) is 17.5 Å². The predicted octanol–water partition coefficient (Wildman–Crippen LogP) is 4.52. The molecular formula is C25H27F3N2O4. The highest BCUT2D eigenvalue weighted by molar-refractivity contribution is 6.01. The Morgan fingerprint density at radius 3 is 2.29 bits per heavy atom. The number of benzene rings is 3. The van der Waals surface area contributed by atoms with Crippen LogP contribution in [0.1, 0.15) is 11.1 Å². The molecule has 0 fully saturated rings. The van der Waals surface area contributed by atoms with Crippen molar-refractivity contribution in [1.29, 1.82) is 0 Å².